The third-order valence-electron chi connectivity index (χ3n) is 1.24. The number of hydrogen-bond donors (Lipinski definition) is 1. The summed E-state index contributed by atoms with van der Waals surface area (Å²) < 4.78 is 5.04. The molecular formula is C10H13N2O2. The normalized spacial score (nSPS) is 10.8. The Labute approximate surface area is 83.3 Å². The molecule has 1 radical (unpaired) electrons. The first-order valence-corrected chi connectivity index (χ1v) is 4.30. The van der Waals surface area contributed by atoms with Gasteiger partial charge in [-0.1, -0.05) is 0 Å². The van der Waals surface area contributed by atoms with Crippen molar-refractivity contribution in [3.63, 3.8) is 0 Å². The third kappa shape index (κ3) is 3.89. The summed E-state index contributed by atoms with van der Waals surface area (Å²) in [5.74, 6) is 0. The molecule has 0 bridgehead atoms. The van der Waals surface area contributed by atoms with Crippen LogP contribution in [-0.2, 0) is 4.74 Å². The van der Waals surface area contributed by atoms with Gasteiger partial charge in [0.05, 0.1) is 5.69 Å². The first kappa shape index (κ1) is 10.5. The number of amides is 1. The zero-order valence-electron chi connectivity index (χ0n) is 8.50. The number of pyridine rings is 1. The maximum atomic E-state index is 11.2. The molecule has 1 aromatic heterocycles. The van der Waals surface area contributed by atoms with E-state index < -0.39 is 11.7 Å². The summed E-state index contributed by atoms with van der Waals surface area (Å²) in [6, 6.07) is 3.40. The Morgan fingerprint density at radius 1 is 1.57 bits per heavy atom. The second-order valence-corrected chi connectivity index (χ2v) is 3.79. The van der Waals surface area contributed by atoms with Gasteiger partial charge in [-0.25, -0.2) is 4.79 Å². The Kier molecular flexibility index (Phi) is 3.06. The molecule has 75 valence electrons. The minimum atomic E-state index is -0.498. The van der Waals surface area contributed by atoms with Gasteiger partial charge in [0.15, 0.2) is 0 Å². The third-order valence-corrected chi connectivity index (χ3v) is 1.24. The molecule has 14 heavy (non-hydrogen) atoms. The van der Waals surface area contributed by atoms with E-state index in [-0.39, 0.29) is 0 Å². The highest BCUT2D eigenvalue weighted by Crippen LogP contribution is 2.09. The average molecular weight is 193 g/mol. The van der Waals surface area contributed by atoms with Crippen molar-refractivity contribution in [1.82, 2.24) is 4.98 Å². The maximum Gasteiger partial charge on any atom is 0.412 e. The number of nitrogens with one attached hydrogen (secondary N) is 1. The van der Waals surface area contributed by atoms with Gasteiger partial charge in [-0.2, -0.15) is 0 Å². The number of aromatic nitrogens is 1. The number of ether oxygens (including phenoxy) is 1. The van der Waals surface area contributed by atoms with Crippen molar-refractivity contribution < 1.29 is 9.53 Å². The van der Waals surface area contributed by atoms with Crippen molar-refractivity contribution >= 4 is 11.8 Å². The van der Waals surface area contributed by atoms with Crippen LogP contribution >= 0.6 is 0 Å². The zero-order chi connectivity index (χ0) is 10.6. The van der Waals surface area contributed by atoms with Crippen LogP contribution in [0.25, 0.3) is 0 Å². The fraction of sp³-hybridized carbons (Fsp3) is 0.400. The fourth-order valence-electron chi connectivity index (χ4n) is 0.810. The largest absolute Gasteiger partial charge is 0.444 e. The zero-order valence-corrected chi connectivity index (χ0v) is 8.50. The van der Waals surface area contributed by atoms with E-state index in [1.165, 1.54) is 0 Å². The summed E-state index contributed by atoms with van der Waals surface area (Å²) in [7, 11) is 0. The van der Waals surface area contributed by atoms with E-state index in [0.717, 1.165) is 0 Å². The quantitative estimate of drug-likeness (QED) is 0.744. The van der Waals surface area contributed by atoms with Gasteiger partial charge in [0.25, 0.3) is 0 Å². The van der Waals surface area contributed by atoms with Gasteiger partial charge in [-0.3, -0.25) is 10.3 Å². The van der Waals surface area contributed by atoms with Crippen LogP contribution in [0, 0.1) is 6.20 Å². The molecule has 0 aliphatic heterocycles. The number of hydrogen-bond acceptors (Lipinski definition) is 3. The molecule has 1 aromatic rings. The van der Waals surface area contributed by atoms with Gasteiger partial charge in [0.1, 0.15) is 11.8 Å². The highest BCUT2D eigenvalue weighted by Gasteiger charge is 2.15. The summed E-state index contributed by atoms with van der Waals surface area (Å²) in [6.45, 7) is 5.42. The molecule has 0 aromatic carbocycles. The number of anilines is 1. The predicted molar refractivity (Wildman–Crippen MR) is 52.9 cm³/mol. The number of carbonyl (C=O) groups is 1. The molecule has 0 fully saturated rings. The Bertz CT molecular complexity index is 304. The Balaban J connectivity index is 2.50. The average Bonchev–Trinajstić information content (AvgIpc) is 2.02. The van der Waals surface area contributed by atoms with Crippen LogP contribution in [0.15, 0.2) is 18.3 Å². The lowest BCUT2D eigenvalue weighted by Crippen LogP contribution is -2.27. The lowest BCUT2D eigenvalue weighted by molar-refractivity contribution is 0.0636. The molecule has 4 heteroatoms. The van der Waals surface area contributed by atoms with E-state index in [4.69, 9.17) is 4.74 Å². The smallest absolute Gasteiger partial charge is 0.412 e. The second-order valence-electron chi connectivity index (χ2n) is 3.79. The molecule has 4 nitrogen and oxygen atoms in total. The predicted octanol–water partition coefficient (Wildman–Crippen LogP) is 2.23. The molecule has 0 unspecified atom stereocenters. The SMILES string of the molecule is CC(C)(C)OC(=O)Nc1[c]nccc1. The molecule has 0 spiro atoms. The molecule has 1 amide bonds. The highest BCUT2D eigenvalue weighted by molar-refractivity contribution is 5.84. The highest BCUT2D eigenvalue weighted by atomic mass is 16.6. The molecule has 0 saturated carbocycles. The van der Waals surface area contributed by atoms with Crippen LogP contribution in [0.1, 0.15) is 20.8 Å². The molecule has 1 N–H and O–H groups in total. The van der Waals surface area contributed by atoms with Crippen LogP contribution in [-0.4, -0.2) is 16.7 Å². The molecule has 1 heterocycles. The topological polar surface area (TPSA) is 51.2 Å². The van der Waals surface area contributed by atoms with E-state index in [1.54, 1.807) is 39.1 Å². The van der Waals surface area contributed by atoms with Crippen molar-refractivity contribution in [2.24, 2.45) is 0 Å². The lowest BCUT2D eigenvalue weighted by Gasteiger charge is -2.19. The number of rotatable bonds is 1. The van der Waals surface area contributed by atoms with Gasteiger partial charge in [0, 0.05) is 6.20 Å². The van der Waals surface area contributed by atoms with Gasteiger partial charge in [-0.05, 0) is 32.9 Å². The fourth-order valence-corrected chi connectivity index (χ4v) is 0.810. The minimum absolute atomic E-state index is 0.494. The van der Waals surface area contributed by atoms with Gasteiger partial charge in [-0.15, -0.1) is 0 Å². The first-order valence-electron chi connectivity index (χ1n) is 4.30. The molecule has 0 atom stereocenters. The Hall–Kier alpha value is -1.58. The van der Waals surface area contributed by atoms with E-state index >= 15 is 0 Å². The summed E-state index contributed by atoms with van der Waals surface area (Å²) in [5, 5.41) is 2.52. The molecule has 0 aliphatic carbocycles. The summed E-state index contributed by atoms with van der Waals surface area (Å²) >= 11 is 0. The van der Waals surface area contributed by atoms with E-state index in [1.807, 2.05) is 0 Å². The van der Waals surface area contributed by atoms with Gasteiger partial charge in [0.2, 0.25) is 0 Å². The first-order chi connectivity index (χ1) is 6.47. The van der Waals surface area contributed by atoms with Gasteiger partial charge >= 0.3 is 6.09 Å². The van der Waals surface area contributed by atoms with Crippen molar-refractivity contribution in [3.8, 4) is 0 Å². The van der Waals surface area contributed by atoms with Crippen LogP contribution in [0.3, 0.4) is 0 Å². The Morgan fingerprint density at radius 3 is 2.79 bits per heavy atom. The van der Waals surface area contributed by atoms with Crippen molar-refractivity contribution in [2.45, 2.75) is 26.4 Å². The molecular weight excluding hydrogens is 180 g/mol. The second kappa shape index (κ2) is 4.09. The van der Waals surface area contributed by atoms with Crippen molar-refractivity contribution in [2.75, 3.05) is 5.32 Å². The molecule has 0 saturated heterocycles. The van der Waals surface area contributed by atoms with E-state index in [9.17, 15) is 4.79 Å². The summed E-state index contributed by atoms with van der Waals surface area (Å²) in [5.41, 5.74) is 0.00786. The summed E-state index contributed by atoms with van der Waals surface area (Å²) in [6.07, 6.45) is 3.71. The van der Waals surface area contributed by atoms with Crippen LogP contribution < -0.4 is 5.32 Å². The van der Waals surface area contributed by atoms with Crippen LogP contribution in [0.2, 0.25) is 0 Å². The standard InChI is InChI=1S/C10H13N2O2/c1-10(2,3)14-9(13)12-8-5-4-6-11-7-8/h4-6H,1-3H3,(H,12,13). The minimum Gasteiger partial charge on any atom is -0.444 e. The van der Waals surface area contributed by atoms with E-state index in [0.29, 0.717) is 5.69 Å². The summed E-state index contributed by atoms with van der Waals surface area (Å²) in [4.78, 5) is 15.0. The van der Waals surface area contributed by atoms with E-state index in [2.05, 4.69) is 16.5 Å². The van der Waals surface area contributed by atoms with Crippen molar-refractivity contribution in [1.29, 1.82) is 0 Å². The molecule has 0 aliphatic rings. The number of carbonyl (C=O) groups excluding carboxylic acids is 1. The monoisotopic (exact) mass is 193 g/mol. The number of nitrogens with zero attached hydrogens (tertiary/aromatic N) is 1. The Morgan fingerprint density at radius 2 is 2.29 bits per heavy atom. The van der Waals surface area contributed by atoms with Crippen LogP contribution in [0.4, 0.5) is 10.5 Å². The molecule has 1 rings (SSSR count). The van der Waals surface area contributed by atoms with Gasteiger partial charge < -0.3 is 4.74 Å². The van der Waals surface area contributed by atoms with Crippen molar-refractivity contribution in [3.05, 3.63) is 24.5 Å². The van der Waals surface area contributed by atoms with Crippen LogP contribution in [0.5, 0.6) is 0 Å². The lowest BCUT2D eigenvalue weighted by atomic mass is 10.2. The maximum absolute atomic E-state index is 11.2.